The van der Waals surface area contributed by atoms with Crippen molar-refractivity contribution < 1.29 is 9.53 Å². The summed E-state index contributed by atoms with van der Waals surface area (Å²) < 4.78 is 5.18. The number of amides is 1. The van der Waals surface area contributed by atoms with Gasteiger partial charge < -0.3 is 15.4 Å². The number of aromatic amines is 1. The summed E-state index contributed by atoms with van der Waals surface area (Å²) in [5.41, 5.74) is 3.12. The first-order valence-corrected chi connectivity index (χ1v) is 8.85. The average Bonchev–Trinajstić information content (AvgIpc) is 3.33. The number of hydrogen-bond acceptors (Lipinski definition) is 5. The molecule has 0 aliphatic rings. The molecule has 0 fully saturated rings. The molecule has 6 nitrogen and oxygen atoms in total. The second-order valence-electron chi connectivity index (χ2n) is 5.41. The van der Waals surface area contributed by atoms with Crippen LogP contribution in [0.15, 0.2) is 48.0 Å². The molecule has 0 radical (unpaired) electrons. The summed E-state index contributed by atoms with van der Waals surface area (Å²) in [5.74, 6) is 0.795. The molecular weight excluding hydrogens is 336 g/mol. The van der Waals surface area contributed by atoms with Crippen molar-refractivity contribution in [1.29, 1.82) is 0 Å². The first-order valence-electron chi connectivity index (χ1n) is 7.97. The Balaban J connectivity index is 1.47. The lowest BCUT2D eigenvalue weighted by molar-refractivity contribution is 0.0958. The normalized spacial score (nSPS) is 10.6. The van der Waals surface area contributed by atoms with E-state index in [1.165, 1.54) is 11.3 Å². The van der Waals surface area contributed by atoms with E-state index in [-0.39, 0.29) is 5.91 Å². The van der Waals surface area contributed by atoms with Crippen molar-refractivity contribution in [2.45, 2.75) is 6.54 Å². The Bertz CT molecular complexity index is 797. The molecule has 3 aromatic rings. The average molecular weight is 356 g/mol. The first kappa shape index (κ1) is 17.2. The predicted molar refractivity (Wildman–Crippen MR) is 98.9 cm³/mol. The van der Waals surface area contributed by atoms with Crippen molar-refractivity contribution in [1.82, 2.24) is 20.8 Å². The Morgan fingerprint density at radius 3 is 2.80 bits per heavy atom. The summed E-state index contributed by atoms with van der Waals surface area (Å²) in [5, 5.41) is 15.3. The molecule has 0 aliphatic carbocycles. The van der Waals surface area contributed by atoms with Crippen LogP contribution in [0.3, 0.4) is 0 Å². The van der Waals surface area contributed by atoms with Gasteiger partial charge in [-0.25, -0.2) is 0 Å². The van der Waals surface area contributed by atoms with E-state index in [0.717, 1.165) is 27.4 Å². The van der Waals surface area contributed by atoms with Gasteiger partial charge in [0, 0.05) is 30.8 Å². The number of rotatable bonds is 8. The van der Waals surface area contributed by atoms with Crippen molar-refractivity contribution in [2.75, 3.05) is 20.2 Å². The molecule has 0 aliphatic heterocycles. The molecule has 1 aromatic carbocycles. The van der Waals surface area contributed by atoms with E-state index < -0.39 is 0 Å². The fourth-order valence-corrected chi connectivity index (χ4v) is 3.08. The first-order chi connectivity index (χ1) is 12.3. The van der Waals surface area contributed by atoms with Gasteiger partial charge in [0.25, 0.3) is 5.91 Å². The number of benzene rings is 1. The molecular formula is C18H20N4O2S. The van der Waals surface area contributed by atoms with Crippen LogP contribution in [0, 0.1) is 0 Å². The standard InChI is InChI=1S/C18H20N4O2S/c1-24-15-6-4-13(5-7-15)17-14(12-21-22-17)11-19-8-9-20-18(23)16-3-2-10-25-16/h2-7,10,12,19H,8-9,11H2,1H3,(H,20,23)(H,21,22). The zero-order valence-electron chi connectivity index (χ0n) is 13.9. The van der Waals surface area contributed by atoms with Crippen LogP contribution in [0.1, 0.15) is 15.2 Å². The second-order valence-corrected chi connectivity index (χ2v) is 6.36. The zero-order valence-corrected chi connectivity index (χ0v) is 14.7. The summed E-state index contributed by atoms with van der Waals surface area (Å²) in [6.45, 7) is 1.93. The third-order valence-electron chi connectivity index (χ3n) is 3.74. The van der Waals surface area contributed by atoms with Gasteiger partial charge >= 0.3 is 0 Å². The summed E-state index contributed by atoms with van der Waals surface area (Å²) in [7, 11) is 1.65. The van der Waals surface area contributed by atoms with E-state index in [9.17, 15) is 4.79 Å². The number of H-pyrrole nitrogens is 1. The Kier molecular flexibility index (Phi) is 5.81. The maximum absolute atomic E-state index is 11.8. The summed E-state index contributed by atoms with van der Waals surface area (Å²) in [4.78, 5) is 12.6. The quantitative estimate of drug-likeness (QED) is 0.542. The molecule has 0 spiro atoms. The van der Waals surface area contributed by atoms with Crippen LogP contribution in [-0.4, -0.2) is 36.3 Å². The largest absolute Gasteiger partial charge is 0.497 e. The fraction of sp³-hybridized carbons (Fsp3) is 0.222. The van der Waals surface area contributed by atoms with Crippen molar-refractivity contribution >= 4 is 17.2 Å². The van der Waals surface area contributed by atoms with Crippen molar-refractivity contribution in [3.8, 4) is 17.0 Å². The third-order valence-corrected chi connectivity index (χ3v) is 4.61. The van der Waals surface area contributed by atoms with E-state index in [0.29, 0.717) is 19.6 Å². The molecule has 2 heterocycles. The topological polar surface area (TPSA) is 79.0 Å². The van der Waals surface area contributed by atoms with Crippen molar-refractivity contribution in [3.63, 3.8) is 0 Å². The van der Waals surface area contributed by atoms with E-state index in [1.807, 2.05) is 48.0 Å². The molecule has 0 saturated heterocycles. The lowest BCUT2D eigenvalue weighted by atomic mass is 10.1. The summed E-state index contributed by atoms with van der Waals surface area (Å²) >= 11 is 1.44. The Morgan fingerprint density at radius 1 is 1.24 bits per heavy atom. The zero-order chi connectivity index (χ0) is 17.5. The number of methoxy groups -OCH3 is 1. The van der Waals surface area contributed by atoms with Crippen LogP contribution in [-0.2, 0) is 6.54 Å². The fourth-order valence-electron chi connectivity index (χ4n) is 2.44. The van der Waals surface area contributed by atoms with Gasteiger partial charge in [0.1, 0.15) is 5.75 Å². The van der Waals surface area contributed by atoms with E-state index in [2.05, 4.69) is 20.8 Å². The number of carbonyl (C=O) groups excluding carboxylic acids is 1. The molecule has 3 N–H and O–H groups in total. The van der Waals surface area contributed by atoms with Gasteiger partial charge in [-0.15, -0.1) is 11.3 Å². The number of aromatic nitrogens is 2. The van der Waals surface area contributed by atoms with Gasteiger partial charge in [0.05, 0.1) is 23.9 Å². The van der Waals surface area contributed by atoms with Crippen LogP contribution in [0.2, 0.25) is 0 Å². The molecule has 0 unspecified atom stereocenters. The van der Waals surface area contributed by atoms with Gasteiger partial charge in [0.15, 0.2) is 0 Å². The summed E-state index contributed by atoms with van der Waals surface area (Å²) in [6.07, 6.45) is 1.82. The van der Waals surface area contributed by atoms with E-state index >= 15 is 0 Å². The Morgan fingerprint density at radius 2 is 2.08 bits per heavy atom. The minimum Gasteiger partial charge on any atom is -0.497 e. The maximum Gasteiger partial charge on any atom is 0.261 e. The Labute approximate surface area is 150 Å². The van der Waals surface area contributed by atoms with Crippen LogP contribution in [0.4, 0.5) is 0 Å². The monoisotopic (exact) mass is 356 g/mol. The molecule has 3 rings (SSSR count). The third kappa shape index (κ3) is 4.46. The van der Waals surface area contributed by atoms with Gasteiger partial charge in [-0.2, -0.15) is 5.10 Å². The van der Waals surface area contributed by atoms with E-state index in [4.69, 9.17) is 4.74 Å². The Hall–Kier alpha value is -2.64. The van der Waals surface area contributed by atoms with Crippen LogP contribution >= 0.6 is 11.3 Å². The highest BCUT2D eigenvalue weighted by molar-refractivity contribution is 7.12. The number of thiophene rings is 1. The highest BCUT2D eigenvalue weighted by Gasteiger charge is 2.08. The van der Waals surface area contributed by atoms with Gasteiger partial charge in [0.2, 0.25) is 0 Å². The van der Waals surface area contributed by atoms with Crippen molar-refractivity contribution in [3.05, 3.63) is 58.4 Å². The van der Waals surface area contributed by atoms with Crippen LogP contribution in [0.5, 0.6) is 5.75 Å². The second kappa shape index (κ2) is 8.46. The number of hydrogen-bond donors (Lipinski definition) is 3. The molecule has 2 aromatic heterocycles. The molecule has 0 bridgehead atoms. The van der Waals surface area contributed by atoms with Crippen LogP contribution < -0.4 is 15.4 Å². The number of nitrogens with zero attached hydrogens (tertiary/aromatic N) is 1. The molecule has 1 amide bonds. The minimum atomic E-state index is -0.0287. The SMILES string of the molecule is COc1ccc(-c2[nH]ncc2CNCCNC(=O)c2cccs2)cc1. The summed E-state index contributed by atoms with van der Waals surface area (Å²) in [6, 6.07) is 11.5. The maximum atomic E-state index is 11.8. The van der Waals surface area contributed by atoms with Gasteiger partial charge in [-0.05, 0) is 35.7 Å². The number of carbonyl (C=O) groups is 1. The molecule has 0 saturated carbocycles. The smallest absolute Gasteiger partial charge is 0.261 e. The van der Waals surface area contributed by atoms with Gasteiger partial charge in [-0.3, -0.25) is 9.89 Å². The predicted octanol–water partition coefficient (Wildman–Crippen LogP) is 2.67. The van der Waals surface area contributed by atoms with Crippen molar-refractivity contribution in [2.24, 2.45) is 0 Å². The minimum absolute atomic E-state index is 0.0287. The molecule has 25 heavy (non-hydrogen) atoms. The highest BCUT2D eigenvalue weighted by Crippen LogP contribution is 2.23. The number of ether oxygens (including phenoxy) is 1. The number of nitrogens with one attached hydrogen (secondary N) is 3. The molecule has 0 atom stereocenters. The molecule has 130 valence electrons. The lowest BCUT2D eigenvalue weighted by Crippen LogP contribution is -2.31. The van der Waals surface area contributed by atoms with Gasteiger partial charge in [-0.1, -0.05) is 6.07 Å². The van der Waals surface area contributed by atoms with Crippen LogP contribution in [0.25, 0.3) is 11.3 Å². The van der Waals surface area contributed by atoms with E-state index in [1.54, 1.807) is 7.11 Å². The highest BCUT2D eigenvalue weighted by atomic mass is 32.1. The lowest BCUT2D eigenvalue weighted by Gasteiger charge is -2.07. The molecule has 7 heteroatoms.